The Balaban J connectivity index is 2.12. The van der Waals surface area contributed by atoms with Crippen molar-refractivity contribution >= 4 is 27.6 Å². The average molecular weight is 361 g/mol. The van der Waals surface area contributed by atoms with Crippen LogP contribution in [0.3, 0.4) is 0 Å². The van der Waals surface area contributed by atoms with Crippen molar-refractivity contribution in [3.8, 4) is 17.5 Å². The van der Waals surface area contributed by atoms with Crippen LogP contribution in [0.2, 0.25) is 0 Å². The van der Waals surface area contributed by atoms with Gasteiger partial charge in [0.25, 0.3) is 0 Å². The number of anilines is 1. The third-order valence-electron chi connectivity index (χ3n) is 3.52. The minimum Gasteiger partial charge on any atom is -0.366 e. The molecule has 1 saturated carbocycles. The highest BCUT2D eigenvalue weighted by Gasteiger charge is 2.25. The number of nitrogens with two attached hydrogens (primary N) is 1. The van der Waals surface area contributed by atoms with Crippen molar-refractivity contribution in [3.63, 3.8) is 0 Å². The van der Waals surface area contributed by atoms with Crippen LogP contribution in [0, 0.1) is 11.3 Å². The van der Waals surface area contributed by atoms with E-state index in [2.05, 4.69) is 21.4 Å². The second-order valence-electron chi connectivity index (χ2n) is 5.38. The van der Waals surface area contributed by atoms with Gasteiger partial charge in [-0.15, -0.1) is 11.8 Å². The molecule has 1 aromatic heterocycles. The minimum absolute atomic E-state index is 0.00429. The highest BCUT2D eigenvalue weighted by atomic mass is 32.2. The first-order valence-electron chi connectivity index (χ1n) is 7.18. The largest absolute Gasteiger partial charge is 0.366 e. The first-order chi connectivity index (χ1) is 11.4. The Morgan fingerprint density at radius 3 is 2.71 bits per heavy atom. The topological polar surface area (TPSA) is 122 Å². The molecule has 0 atom stereocenters. The maximum atomic E-state index is 11.5. The zero-order valence-electron chi connectivity index (χ0n) is 12.9. The molecule has 2 aromatic rings. The molecular formula is C15H15N5O2S2. The van der Waals surface area contributed by atoms with Gasteiger partial charge in [-0.05, 0) is 31.2 Å². The SMILES string of the molecule is CSc1nc(-c2cccc(S(N)(=O)=O)c2)nc(NC2CC2)c1C#N. The normalized spacial score (nSPS) is 14.2. The summed E-state index contributed by atoms with van der Waals surface area (Å²) in [5, 5.41) is 18.4. The van der Waals surface area contributed by atoms with E-state index in [0.29, 0.717) is 33.8 Å². The molecular weight excluding hydrogens is 346 g/mol. The summed E-state index contributed by atoms with van der Waals surface area (Å²) in [5.41, 5.74) is 0.931. The Morgan fingerprint density at radius 1 is 1.38 bits per heavy atom. The first kappa shape index (κ1) is 16.7. The molecule has 1 heterocycles. The summed E-state index contributed by atoms with van der Waals surface area (Å²) in [6.45, 7) is 0. The number of sulfonamides is 1. The number of nitrogens with one attached hydrogen (secondary N) is 1. The van der Waals surface area contributed by atoms with Gasteiger partial charge in [-0.2, -0.15) is 5.26 Å². The molecule has 1 aliphatic carbocycles. The lowest BCUT2D eigenvalue weighted by molar-refractivity contribution is 0.598. The predicted octanol–water partition coefficient (Wildman–Crippen LogP) is 1.96. The fourth-order valence-electron chi connectivity index (χ4n) is 2.16. The maximum absolute atomic E-state index is 11.5. The smallest absolute Gasteiger partial charge is 0.238 e. The number of aromatic nitrogens is 2. The molecule has 3 N–H and O–H groups in total. The monoisotopic (exact) mass is 361 g/mol. The lowest BCUT2D eigenvalue weighted by atomic mass is 10.2. The van der Waals surface area contributed by atoms with Crippen molar-refractivity contribution in [2.75, 3.05) is 11.6 Å². The van der Waals surface area contributed by atoms with Crippen LogP contribution >= 0.6 is 11.8 Å². The number of hydrogen-bond donors (Lipinski definition) is 2. The summed E-state index contributed by atoms with van der Waals surface area (Å²) in [5.74, 6) is 0.836. The standard InChI is InChI=1S/C15H15N5O2S2/c1-23-15-12(8-16)14(18-10-5-6-10)19-13(20-15)9-3-2-4-11(7-9)24(17,21)22/h2-4,7,10H,5-6H2,1H3,(H2,17,21,22)(H,18,19,20). The average Bonchev–Trinajstić information content (AvgIpc) is 3.37. The summed E-state index contributed by atoms with van der Waals surface area (Å²) in [6.07, 6.45) is 3.91. The van der Waals surface area contributed by atoms with E-state index in [4.69, 9.17) is 5.14 Å². The third kappa shape index (κ3) is 3.51. The van der Waals surface area contributed by atoms with Crippen molar-refractivity contribution in [3.05, 3.63) is 29.8 Å². The second kappa shape index (κ2) is 6.39. The summed E-state index contributed by atoms with van der Waals surface area (Å²) < 4.78 is 23.1. The van der Waals surface area contributed by atoms with Crippen LogP contribution in [0.15, 0.2) is 34.2 Å². The van der Waals surface area contributed by atoms with Crippen LogP contribution in [0.4, 0.5) is 5.82 Å². The Kier molecular flexibility index (Phi) is 4.45. The molecule has 0 saturated heterocycles. The van der Waals surface area contributed by atoms with Gasteiger partial charge < -0.3 is 5.32 Å². The number of benzene rings is 1. The predicted molar refractivity (Wildman–Crippen MR) is 92.0 cm³/mol. The minimum atomic E-state index is -3.81. The molecule has 1 aliphatic rings. The highest BCUT2D eigenvalue weighted by molar-refractivity contribution is 7.98. The Hall–Kier alpha value is -2.15. The quantitative estimate of drug-likeness (QED) is 0.616. The fraction of sp³-hybridized carbons (Fsp3) is 0.267. The zero-order chi connectivity index (χ0) is 17.3. The number of thioether (sulfide) groups is 1. The van der Waals surface area contributed by atoms with E-state index < -0.39 is 10.0 Å². The first-order valence-corrected chi connectivity index (χ1v) is 9.95. The molecule has 0 spiro atoms. The van der Waals surface area contributed by atoms with E-state index in [9.17, 15) is 13.7 Å². The lowest BCUT2D eigenvalue weighted by Gasteiger charge is -2.11. The molecule has 3 rings (SSSR count). The number of rotatable bonds is 5. The third-order valence-corrected chi connectivity index (χ3v) is 5.11. The maximum Gasteiger partial charge on any atom is 0.238 e. The molecule has 0 amide bonds. The molecule has 0 bridgehead atoms. The molecule has 1 fully saturated rings. The molecule has 7 nitrogen and oxygen atoms in total. The van der Waals surface area contributed by atoms with Crippen molar-refractivity contribution in [1.82, 2.24) is 9.97 Å². The van der Waals surface area contributed by atoms with Crippen LogP contribution in [0.25, 0.3) is 11.4 Å². The van der Waals surface area contributed by atoms with E-state index in [1.54, 1.807) is 12.1 Å². The summed E-state index contributed by atoms with van der Waals surface area (Å²) in [6, 6.07) is 8.61. The number of primary sulfonamides is 1. The molecule has 1 aromatic carbocycles. The van der Waals surface area contributed by atoms with Gasteiger partial charge in [0.1, 0.15) is 22.5 Å². The lowest BCUT2D eigenvalue weighted by Crippen LogP contribution is -2.12. The van der Waals surface area contributed by atoms with Crippen molar-refractivity contribution in [1.29, 1.82) is 5.26 Å². The number of nitrogens with zero attached hydrogens (tertiary/aromatic N) is 3. The molecule has 0 unspecified atom stereocenters. The van der Waals surface area contributed by atoms with Crippen LogP contribution in [-0.2, 0) is 10.0 Å². The Labute approximate surface area is 144 Å². The number of hydrogen-bond acceptors (Lipinski definition) is 7. The van der Waals surface area contributed by atoms with Crippen molar-refractivity contribution in [2.24, 2.45) is 5.14 Å². The second-order valence-corrected chi connectivity index (χ2v) is 7.74. The van der Waals surface area contributed by atoms with Gasteiger partial charge in [-0.25, -0.2) is 23.5 Å². The molecule has 0 aliphatic heterocycles. The van der Waals surface area contributed by atoms with Gasteiger partial charge in [-0.3, -0.25) is 0 Å². The Morgan fingerprint density at radius 2 is 2.12 bits per heavy atom. The Bertz CT molecular complexity index is 933. The van der Waals surface area contributed by atoms with Gasteiger partial charge in [0.15, 0.2) is 5.82 Å². The van der Waals surface area contributed by atoms with Crippen molar-refractivity contribution in [2.45, 2.75) is 28.8 Å². The summed E-state index contributed by atoms with van der Waals surface area (Å²) >= 11 is 1.34. The van der Waals surface area contributed by atoms with Crippen LogP contribution < -0.4 is 10.5 Å². The van der Waals surface area contributed by atoms with Crippen LogP contribution in [0.5, 0.6) is 0 Å². The molecule has 124 valence electrons. The van der Waals surface area contributed by atoms with Crippen LogP contribution in [-0.4, -0.2) is 30.7 Å². The zero-order valence-corrected chi connectivity index (χ0v) is 14.5. The van der Waals surface area contributed by atoms with E-state index in [0.717, 1.165) is 12.8 Å². The number of nitriles is 1. The van der Waals surface area contributed by atoms with Gasteiger partial charge in [0.05, 0.1) is 4.90 Å². The molecule has 9 heteroatoms. The van der Waals surface area contributed by atoms with Gasteiger partial charge in [0.2, 0.25) is 10.0 Å². The van der Waals surface area contributed by atoms with Gasteiger partial charge in [0, 0.05) is 11.6 Å². The summed E-state index contributed by atoms with van der Waals surface area (Å²) in [7, 11) is -3.81. The van der Waals surface area contributed by atoms with E-state index in [1.807, 2.05) is 6.26 Å². The fourth-order valence-corrected chi connectivity index (χ4v) is 3.24. The molecule has 24 heavy (non-hydrogen) atoms. The van der Waals surface area contributed by atoms with E-state index >= 15 is 0 Å². The highest BCUT2D eigenvalue weighted by Crippen LogP contribution is 2.31. The summed E-state index contributed by atoms with van der Waals surface area (Å²) in [4.78, 5) is 8.83. The van der Waals surface area contributed by atoms with E-state index in [-0.39, 0.29) is 4.90 Å². The molecule has 0 radical (unpaired) electrons. The van der Waals surface area contributed by atoms with Crippen molar-refractivity contribution < 1.29 is 8.42 Å². The van der Waals surface area contributed by atoms with Gasteiger partial charge >= 0.3 is 0 Å². The van der Waals surface area contributed by atoms with Crippen LogP contribution in [0.1, 0.15) is 18.4 Å². The van der Waals surface area contributed by atoms with E-state index in [1.165, 1.54) is 23.9 Å². The van der Waals surface area contributed by atoms with Gasteiger partial charge in [-0.1, -0.05) is 12.1 Å².